The number of hydrogen-bond donors (Lipinski definition) is 0. The Hall–Kier alpha value is -3.51. The zero-order valence-corrected chi connectivity index (χ0v) is 19.7. The number of amides is 2. The van der Waals surface area contributed by atoms with Gasteiger partial charge in [-0.25, -0.2) is 13.6 Å². The average Bonchev–Trinajstić information content (AvgIpc) is 3.57. The van der Waals surface area contributed by atoms with E-state index in [0.29, 0.717) is 5.57 Å². The lowest BCUT2D eigenvalue weighted by Crippen LogP contribution is -2.43. The Balaban J connectivity index is 1.29. The molecule has 2 amide bonds. The molecule has 36 heavy (non-hydrogen) atoms. The van der Waals surface area contributed by atoms with E-state index in [4.69, 9.17) is 23.5 Å². The number of anilines is 1. The van der Waals surface area contributed by atoms with Crippen LogP contribution in [0.4, 0.5) is 19.3 Å². The van der Waals surface area contributed by atoms with Gasteiger partial charge in [-0.2, -0.15) is 0 Å². The van der Waals surface area contributed by atoms with E-state index in [-0.39, 0.29) is 62.4 Å². The van der Waals surface area contributed by atoms with E-state index in [1.807, 2.05) is 0 Å². The molecule has 3 aliphatic rings. The summed E-state index contributed by atoms with van der Waals surface area (Å²) in [7, 11) is 0. The average molecular weight is 505 g/mol. The monoisotopic (exact) mass is 505 g/mol. The van der Waals surface area contributed by atoms with Crippen LogP contribution in [0.1, 0.15) is 25.8 Å². The van der Waals surface area contributed by atoms with Crippen molar-refractivity contribution in [3.05, 3.63) is 47.7 Å². The summed E-state index contributed by atoms with van der Waals surface area (Å²) in [5.74, 6) is -2.47. The predicted molar refractivity (Wildman–Crippen MR) is 120 cm³/mol. The summed E-state index contributed by atoms with van der Waals surface area (Å²) in [6, 6.07) is 3.08. The second kappa shape index (κ2) is 9.51. The molecule has 1 aromatic heterocycles. The predicted octanol–water partition coefficient (Wildman–Crippen LogP) is 3.12. The summed E-state index contributed by atoms with van der Waals surface area (Å²) in [4.78, 5) is 27.7. The maximum Gasteiger partial charge on any atom is 0.414 e. The van der Waals surface area contributed by atoms with Crippen LogP contribution in [0.25, 0.3) is 5.57 Å². The first-order chi connectivity index (χ1) is 17.2. The van der Waals surface area contributed by atoms with Gasteiger partial charge >= 0.3 is 6.09 Å². The third kappa shape index (κ3) is 4.78. The number of carbonyl (C=O) groups excluding carboxylic acids is 2. The van der Waals surface area contributed by atoms with Gasteiger partial charge in [0.2, 0.25) is 0 Å². The van der Waals surface area contributed by atoms with Gasteiger partial charge in [-0.15, -0.1) is 0 Å². The summed E-state index contributed by atoms with van der Waals surface area (Å²) >= 11 is 0. The van der Waals surface area contributed by atoms with Crippen LogP contribution in [0.2, 0.25) is 0 Å². The maximum absolute atomic E-state index is 15.2. The second-order valence-corrected chi connectivity index (χ2v) is 9.11. The van der Waals surface area contributed by atoms with Gasteiger partial charge in [-0.1, -0.05) is 6.08 Å². The standard InChI is InChI=1S/C24H25F2N3O7/c1-24(2)34-13-19(36-24)22(30)28-6-3-14(4-7-28)21-17(25)9-15(10-18(21)26)29-16(12-33-23(29)31)11-32-20-5-8-35-27-20/h3,5,8-10,16,19H,4,6-7,11-13H2,1-2H3/t16-,19+/m1/s1. The number of hydrogen-bond acceptors (Lipinski definition) is 8. The van der Waals surface area contributed by atoms with Gasteiger partial charge in [0.05, 0.1) is 12.3 Å². The van der Waals surface area contributed by atoms with E-state index < -0.39 is 35.7 Å². The summed E-state index contributed by atoms with van der Waals surface area (Å²) < 4.78 is 56.6. The smallest absolute Gasteiger partial charge is 0.414 e. The van der Waals surface area contributed by atoms with Crippen molar-refractivity contribution in [1.29, 1.82) is 0 Å². The molecule has 0 N–H and O–H groups in total. The minimum absolute atomic E-state index is 0.00872. The van der Waals surface area contributed by atoms with Crippen molar-refractivity contribution in [3.63, 3.8) is 0 Å². The Morgan fingerprint density at radius 2 is 2.03 bits per heavy atom. The van der Waals surface area contributed by atoms with Crippen molar-refractivity contribution >= 4 is 23.3 Å². The third-order valence-corrected chi connectivity index (χ3v) is 6.23. The Labute approximate surface area is 205 Å². The fourth-order valence-corrected chi connectivity index (χ4v) is 4.47. The van der Waals surface area contributed by atoms with Crippen LogP contribution in [0, 0.1) is 11.6 Å². The van der Waals surface area contributed by atoms with Crippen molar-refractivity contribution in [2.24, 2.45) is 0 Å². The molecule has 5 rings (SSSR count). The van der Waals surface area contributed by atoms with Gasteiger partial charge in [-0.3, -0.25) is 9.69 Å². The second-order valence-electron chi connectivity index (χ2n) is 9.11. The van der Waals surface area contributed by atoms with E-state index in [2.05, 4.69) is 5.16 Å². The molecular weight excluding hydrogens is 480 g/mol. The molecule has 0 unspecified atom stereocenters. The van der Waals surface area contributed by atoms with Gasteiger partial charge < -0.3 is 28.4 Å². The van der Waals surface area contributed by atoms with Crippen molar-refractivity contribution in [2.75, 3.05) is 37.8 Å². The van der Waals surface area contributed by atoms with Crippen LogP contribution >= 0.6 is 0 Å². The number of benzene rings is 1. The number of rotatable bonds is 6. The van der Waals surface area contributed by atoms with Gasteiger partial charge in [0.1, 0.15) is 37.2 Å². The molecule has 0 spiro atoms. The summed E-state index contributed by atoms with van der Waals surface area (Å²) in [5, 5.41) is 3.62. The SMILES string of the molecule is CC1(C)OC[C@@H](C(=O)N2CC=C(c3c(F)cc(N4C(=O)OC[C@H]4COc4ccon4)cc3F)CC2)O1. The molecule has 0 radical (unpaired) electrons. The molecule has 10 nitrogen and oxygen atoms in total. The molecule has 2 atom stereocenters. The van der Waals surface area contributed by atoms with Crippen molar-refractivity contribution < 1.29 is 41.8 Å². The van der Waals surface area contributed by atoms with E-state index in [1.54, 1.807) is 24.8 Å². The molecule has 3 aliphatic heterocycles. The molecule has 2 saturated heterocycles. The van der Waals surface area contributed by atoms with Crippen LogP contribution < -0.4 is 9.64 Å². The van der Waals surface area contributed by atoms with Crippen LogP contribution in [0.15, 0.2) is 35.1 Å². The van der Waals surface area contributed by atoms with E-state index in [0.717, 1.165) is 17.0 Å². The molecule has 0 aliphatic carbocycles. The molecule has 12 heteroatoms. The fourth-order valence-electron chi connectivity index (χ4n) is 4.47. The van der Waals surface area contributed by atoms with E-state index in [9.17, 15) is 9.59 Å². The zero-order chi connectivity index (χ0) is 25.4. The summed E-state index contributed by atoms with van der Waals surface area (Å²) in [6.07, 6.45) is 1.78. The van der Waals surface area contributed by atoms with Crippen molar-refractivity contribution in [1.82, 2.24) is 10.1 Å². The molecule has 4 heterocycles. The zero-order valence-electron chi connectivity index (χ0n) is 19.7. The largest absolute Gasteiger partial charge is 0.473 e. The first kappa shape index (κ1) is 24.2. The minimum Gasteiger partial charge on any atom is -0.473 e. The van der Waals surface area contributed by atoms with Crippen LogP contribution in [-0.4, -0.2) is 72.9 Å². The topological polar surface area (TPSA) is 104 Å². The Morgan fingerprint density at radius 3 is 2.64 bits per heavy atom. The number of ether oxygens (including phenoxy) is 4. The van der Waals surface area contributed by atoms with Gasteiger partial charge in [0.25, 0.3) is 11.8 Å². The maximum atomic E-state index is 15.2. The lowest BCUT2D eigenvalue weighted by Gasteiger charge is -2.29. The van der Waals surface area contributed by atoms with Gasteiger partial charge in [0, 0.05) is 24.7 Å². The highest BCUT2D eigenvalue weighted by Crippen LogP contribution is 2.33. The molecule has 1 aromatic carbocycles. The van der Waals surface area contributed by atoms with Gasteiger partial charge in [0.15, 0.2) is 11.9 Å². The minimum atomic E-state index is -0.825. The molecule has 2 fully saturated rings. The number of cyclic esters (lactones) is 1. The lowest BCUT2D eigenvalue weighted by atomic mass is 9.97. The summed E-state index contributed by atoms with van der Waals surface area (Å²) in [5.41, 5.74) is 0.272. The molecule has 0 bridgehead atoms. The lowest BCUT2D eigenvalue weighted by molar-refractivity contribution is -0.159. The Morgan fingerprint density at radius 1 is 1.25 bits per heavy atom. The highest BCUT2D eigenvalue weighted by Gasteiger charge is 2.40. The first-order valence-corrected chi connectivity index (χ1v) is 11.5. The molecule has 0 saturated carbocycles. The van der Waals surface area contributed by atoms with Crippen molar-refractivity contribution in [3.8, 4) is 5.88 Å². The Bertz CT molecular complexity index is 1160. The quantitative estimate of drug-likeness (QED) is 0.590. The van der Waals surface area contributed by atoms with E-state index in [1.165, 1.54) is 12.3 Å². The summed E-state index contributed by atoms with van der Waals surface area (Å²) in [6.45, 7) is 4.08. The number of carbonyl (C=O) groups is 2. The normalized spacial score (nSPS) is 23.6. The Kier molecular flexibility index (Phi) is 6.39. The van der Waals surface area contributed by atoms with E-state index >= 15 is 8.78 Å². The van der Waals surface area contributed by atoms with Crippen LogP contribution in [-0.2, 0) is 19.0 Å². The van der Waals surface area contributed by atoms with Crippen molar-refractivity contribution in [2.45, 2.75) is 38.2 Å². The highest BCUT2D eigenvalue weighted by molar-refractivity contribution is 5.91. The first-order valence-electron chi connectivity index (χ1n) is 11.5. The molecule has 2 aromatic rings. The van der Waals surface area contributed by atoms with Gasteiger partial charge in [-0.05, 0) is 43.1 Å². The molecule has 192 valence electrons. The fraction of sp³-hybridized carbons (Fsp3) is 0.458. The number of aromatic nitrogens is 1. The van der Waals surface area contributed by atoms with Crippen LogP contribution in [0.5, 0.6) is 5.88 Å². The third-order valence-electron chi connectivity index (χ3n) is 6.23. The highest BCUT2D eigenvalue weighted by atomic mass is 19.1. The molecular formula is C24H25F2N3O7. The number of halogens is 2. The van der Waals surface area contributed by atoms with Crippen LogP contribution in [0.3, 0.4) is 0 Å². The number of nitrogens with zero attached hydrogens (tertiary/aromatic N) is 3.